The molecule has 0 spiro atoms. The molecule has 3 heterocycles. The number of likely N-dealkylation sites (tertiary alicyclic amines) is 1. The third kappa shape index (κ3) is 7.77. The maximum Gasteiger partial charge on any atom is 0.410 e. The van der Waals surface area contributed by atoms with Gasteiger partial charge in [-0.15, -0.1) is 0 Å². The number of aromatic nitrogens is 2. The van der Waals surface area contributed by atoms with E-state index in [4.69, 9.17) is 14.5 Å². The highest BCUT2D eigenvalue weighted by atomic mass is 16.6. The number of anilines is 2. The average molecular weight is 654 g/mol. The first-order valence-corrected chi connectivity index (χ1v) is 17.7. The molecule has 0 bridgehead atoms. The fourth-order valence-corrected chi connectivity index (χ4v) is 7.67. The van der Waals surface area contributed by atoms with Gasteiger partial charge in [-0.3, -0.25) is 9.69 Å². The van der Waals surface area contributed by atoms with Gasteiger partial charge in [0.1, 0.15) is 23.5 Å². The van der Waals surface area contributed by atoms with Crippen molar-refractivity contribution in [2.75, 3.05) is 50.6 Å². The minimum absolute atomic E-state index is 0.117. The molecule has 9 heteroatoms. The lowest BCUT2D eigenvalue weighted by Crippen LogP contribution is -2.50. The zero-order valence-corrected chi connectivity index (χ0v) is 29.2. The number of aryl methyl sites for hydroxylation is 1. The Hall–Kier alpha value is -4.14. The van der Waals surface area contributed by atoms with Crippen molar-refractivity contribution in [1.82, 2.24) is 14.9 Å². The van der Waals surface area contributed by atoms with Gasteiger partial charge in [0.2, 0.25) is 5.91 Å². The molecular formula is C39H51N5O4. The topological polar surface area (TPSA) is 88.1 Å². The van der Waals surface area contributed by atoms with E-state index < -0.39 is 0 Å². The van der Waals surface area contributed by atoms with Crippen LogP contribution in [0.3, 0.4) is 0 Å². The molecule has 3 aromatic rings. The lowest BCUT2D eigenvalue weighted by molar-refractivity contribution is -0.124. The summed E-state index contributed by atoms with van der Waals surface area (Å²) in [6.45, 7) is 6.44. The van der Waals surface area contributed by atoms with Crippen molar-refractivity contribution in [2.24, 2.45) is 17.8 Å². The SMILES string of the molecule is COc1ccc(C2CCC(CN(C(=O)C3CCC(OC(=O)N4CC(C)C4)CC3)c3cc(-c4ccc(N(C)C)nc4)ccn3)CC2)cc1C. The Morgan fingerprint density at radius 1 is 0.875 bits per heavy atom. The number of nitrogens with zero attached hydrogens (tertiary/aromatic N) is 5. The van der Waals surface area contributed by atoms with Crippen molar-refractivity contribution >= 4 is 23.6 Å². The van der Waals surface area contributed by atoms with Crippen LogP contribution in [0.15, 0.2) is 54.9 Å². The summed E-state index contributed by atoms with van der Waals surface area (Å²) in [5.41, 5.74) is 4.53. The number of carbonyl (C=O) groups is 2. The molecule has 3 aliphatic rings. The minimum atomic E-state index is -0.209. The molecule has 1 saturated heterocycles. The molecule has 1 aliphatic heterocycles. The summed E-state index contributed by atoms with van der Waals surface area (Å²) < 4.78 is 11.3. The number of benzene rings is 1. The third-order valence-corrected chi connectivity index (χ3v) is 10.6. The molecule has 2 aliphatic carbocycles. The Kier molecular flexibility index (Phi) is 10.5. The molecule has 0 unspecified atom stereocenters. The van der Waals surface area contributed by atoms with Crippen molar-refractivity contribution in [2.45, 2.75) is 77.2 Å². The van der Waals surface area contributed by atoms with Crippen LogP contribution < -0.4 is 14.5 Å². The van der Waals surface area contributed by atoms with Gasteiger partial charge in [-0.25, -0.2) is 14.8 Å². The summed E-state index contributed by atoms with van der Waals surface area (Å²) in [7, 11) is 5.68. The molecule has 0 atom stereocenters. The molecule has 2 aromatic heterocycles. The summed E-state index contributed by atoms with van der Waals surface area (Å²) in [5, 5.41) is 0. The standard InChI is InChI=1S/C39H51N5O4/c1-26-23-43(24-26)39(46)48-34-14-10-30(11-15-34)38(45)44(37-21-32(18-19-40-37)33-13-17-36(41-22-33)42(3)4)25-28-6-8-29(9-7-28)31-12-16-35(47-5)27(2)20-31/h12-13,16-22,26,28-30,34H,6-11,14-15,23-25H2,1-5H3. The van der Waals surface area contributed by atoms with Crippen LogP contribution in [0.5, 0.6) is 5.75 Å². The molecule has 48 heavy (non-hydrogen) atoms. The van der Waals surface area contributed by atoms with E-state index in [0.29, 0.717) is 55.8 Å². The Morgan fingerprint density at radius 2 is 1.62 bits per heavy atom. The molecule has 2 saturated carbocycles. The monoisotopic (exact) mass is 653 g/mol. The predicted molar refractivity (Wildman–Crippen MR) is 190 cm³/mol. The maximum absolute atomic E-state index is 14.4. The van der Waals surface area contributed by atoms with Crippen molar-refractivity contribution in [3.05, 3.63) is 66.0 Å². The van der Waals surface area contributed by atoms with E-state index in [1.165, 1.54) is 11.1 Å². The molecule has 0 radical (unpaired) electrons. The largest absolute Gasteiger partial charge is 0.496 e. The summed E-state index contributed by atoms with van der Waals surface area (Å²) in [6.07, 6.45) is 10.5. The second-order valence-electron chi connectivity index (χ2n) is 14.5. The van der Waals surface area contributed by atoms with Gasteiger partial charge in [-0.2, -0.15) is 0 Å². The van der Waals surface area contributed by atoms with Gasteiger partial charge >= 0.3 is 6.09 Å². The van der Waals surface area contributed by atoms with Crippen LogP contribution in [0.25, 0.3) is 11.1 Å². The van der Waals surface area contributed by atoms with E-state index in [2.05, 4.69) is 43.1 Å². The van der Waals surface area contributed by atoms with E-state index >= 15 is 0 Å². The molecule has 2 amide bonds. The molecule has 3 fully saturated rings. The van der Waals surface area contributed by atoms with Crippen LogP contribution in [0, 0.1) is 24.7 Å². The molecular weight excluding hydrogens is 602 g/mol. The van der Waals surface area contributed by atoms with Crippen molar-refractivity contribution < 1.29 is 19.1 Å². The van der Waals surface area contributed by atoms with Crippen LogP contribution in [0.4, 0.5) is 16.4 Å². The number of hydrogen-bond donors (Lipinski definition) is 0. The van der Waals surface area contributed by atoms with E-state index in [-0.39, 0.29) is 24.0 Å². The van der Waals surface area contributed by atoms with Gasteiger partial charge in [0, 0.05) is 57.6 Å². The number of amides is 2. The zero-order valence-electron chi connectivity index (χ0n) is 29.2. The first kappa shape index (κ1) is 33.7. The summed E-state index contributed by atoms with van der Waals surface area (Å²) >= 11 is 0. The Balaban J connectivity index is 1.15. The number of hydrogen-bond acceptors (Lipinski definition) is 7. The summed E-state index contributed by atoms with van der Waals surface area (Å²) in [4.78, 5) is 42.0. The van der Waals surface area contributed by atoms with Crippen molar-refractivity contribution in [3.63, 3.8) is 0 Å². The fraction of sp³-hybridized carbons (Fsp3) is 0.538. The first-order chi connectivity index (χ1) is 23.2. The molecule has 0 N–H and O–H groups in total. The predicted octanol–water partition coefficient (Wildman–Crippen LogP) is 7.48. The van der Waals surface area contributed by atoms with E-state index in [1.807, 2.05) is 48.3 Å². The van der Waals surface area contributed by atoms with E-state index in [1.54, 1.807) is 18.2 Å². The van der Waals surface area contributed by atoms with E-state index in [0.717, 1.165) is 61.5 Å². The van der Waals surface area contributed by atoms with Gasteiger partial charge in [0.15, 0.2) is 0 Å². The van der Waals surface area contributed by atoms with E-state index in [9.17, 15) is 9.59 Å². The van der Waals surface area contributed by atoms with Crippen molar-refractivity contribution in [1.29, 1.82) is 0 Å². The average Bonchev–Trinajstić information content (AvgIpc) is 3.09. The van der Waals surface area contributed by atoms with Gasteiger partial charge in [0.25, 0.3) is 0 Å². The minimum Gasteiger partial charge on any atom is -0.496 e. The second kappa shape index (κ2) is 15.0. The third-order valence-electron chi connectivity index (χ3n) is 10.6. The highest BCUT2D eigenvalue weighted by molar-refractivity contribution is 5.94. The smallest absolute Gasteiger partial charge is 0.410 e. The fourth-order valence-electron chi connectivity index (χ4n) is 7.67. The summed E-state index contributed by atoms with van der Waals surface area (Å²) in [5.74, 6) is 3.99. The van der Waals surface area contributed by atoms with Crippen LogP contribution in [-0.2, 0) is 9.53 Å². The normalized spacial score (nSPS) is 22.8. The van der Waals surface area contributed by atoms with Crippen LogP contribution >= 0.6 is 0 Å². The van der Waals surface area contributed by atoms with Gasteiger partial charge in [0.05, 0.1) is 7.11 Å². The highest BCUT2D eigenvalue weighted by Crippen LogP contribution is 2.39. The first-order valence-electron chi connectivity index (χ1n) is 17.7. The quantitative estimate of drug-likeness (QED) is 0.237. The van der Waals surface area contributed by atoms with Gasteiger partial charge in [-0.05, 0) is 123 Å². The Morgan fingerprint density at radius 3 is 2.25 bits per heavy atom. The number of methoxy groups -OCH3 is 1. The molecule has 9 nitrogen and oxygen atoms in total. The number of pyridine rings is 2. The Labute approximate surface area is 285 Å². The highest BCUT2D eigenvalue weighted by Gasteiger charge is 2.36. The number of carbonyl (C=O) groups excluding carboxylic acids is 2. The lowest BCUT2D eigenvalue weighted by atomic mass is 9.78. The van der Waals surface area contributed by atoms with Crippen LogP contribution in [0.2, 0.25) is 0 Å². The summed E-state index contributed by atoms with van der Waals surface area (Å²) in [6, 6.07) is 14.7. The second-order valence-corrected chi connectivity index (χ2v) is 14.5. The molecule has 256 valence electrons. The van der Waals surface area contributed by atoms with Crippen LogP contribution in [-0.4, -0.2) is 73.8 Å². The number of rotatable bonds is 9. The maximum atomic E-state index is 14.4. The molecule has 6 rings (SSSR count). The Bertz CT molecular complexity index is 1550. The van der Waals surface area contributed by atoms with Gasteiger partial charge in [-0.1, -0.05) is 19.1 Å². The van der Waals surface area contributed by atoms with Gasteiger partial charge < -0.3 is 19.3 Å². The zero-order chi connectivity index (χ0) is 33.8. The molecule has 1 aromatic carbocycles. The lowest BCUT2D eigenvalue weighted by Gasteiger charge is -2.38. The number of ether oxygens (including phenoxy) is 2. The van der Waals surface area contributed by atoms with Crippen molar-refractivity contribution in [3.8, 4) is 16.9 Å². The van der Waals surface area contributed by atoms with Crippen LogP contribution in [0.1, 0.15) is 75.3 Å².